The number of amides is 1. The number of hydrogen-bond donors (Lipinski definition) is 1. The van der Waals surface area contributed by atoms with Crippen LogP contribution in [-0.2, 0) is 11.2 Å². The molecule has 1 fully saturated rings. The van der Waals surface area contributed by atoms with Crippen molar-refractivity contribution in [2.75, 3.05) is 18.4 Å². The van der Waals surface area contributed by atoms with Gasteiger partial charge in [-0.05, 0) is 43.7 Å². The van der Waals surface area contributed by atoms with Gasteiger partial charge in [0, 0.05) is 18.8 Å². The fraction of sp³-hybridized carbons (Fsp3) is 0.533. The van der Waals surface area contributed by atoms with Crippen LogP contribution in [0.25, 0.3) is 0 Å². The average molecular weight is 244 g/mol. The molecule has 1 amide bonds. The van der Waals surface area contributed by atoms with E-state index in [2.05, 4.69) is 23.5 Å². The van der Waals surface area contributed by atoms with E-state index < -0.39 is 0 Å². The van der Waals surface area contributed by atoms with E-state index in [1.165, 1.54) is 12.0 Å². The molecule has 0 spiro atoms. The van der Waals surface area contributed by atoms with Crippen molar-refractivity contribution in [2.45, 2.75) is 38.1 Å². The van der Waals surface area contributed by atoms with Crippen molar-refractivity contribution >= 4 is 11.6 Å². The number of anilines is 1. The molecule has 1 N–H and O–H groups in total. The number of nitrogens with one attached hydrogen (secondary N) is 1. The number of carbonyl (C=O) groups excluding carboxylic acids is 1. The Morgan fingerprint density at radius 3 is 2.78 bits per heavy atom. The molecule has 3 rings (SSSR count). The third-order valence-corrected chi connectivity index (χ3v) is 4.02. The summed E-state index contributed by atoms with van der Waals surface area (Å²) in [4.78, 5) is 14.5. The van der Waals surface area contributed by atoms with E-state index in [0.717, 1.165) is 44.5 Å². The number of hydrogen-bond acceptors (Lipinski definition) is 2. The Kier molecular flexibility index (Phi) is 3.22. The van der Waals surface area contributed by atoms with Crippen molar-refractivity contribution < 1.29 is 4.79 Å². The highest BCUT2D eigenvalue weighted by atomic mass is 16.2. The second-order valence-corrected chi connectivity index (χ2v) is 5.28. The first-order valence-electron chi connectivity index (χ1n) is 6.98. The summed E-state index contributed by atoms with van der Waals surface area (Å²) in [5, 5.41) is 3.40. The third kappa shape index (κ3) is 2.22. The first-order valence-corrected chi connectivity index (χ1v) is 6.98. The molecule has 1 aromatic carbocycles. The SMILES string of the molecule is O=C([C@H]1CCc2ccccc2N1)N1CCCCC1. The lowest BCUT2D eigenvalue weighted by molar-refractivity contribution is -0.133. The number of para-hydroxylation sites is 1. The summed E-state index contributed by atoms with van der Waals surface area (Å²) in [7, 11) is 0. The standard InChI is InChI=1S/C15H20N2O/c18-15(17-10-4-1-5-11-17)14-9-8-12-6-2-3-7-13(12)16-14/h2-3,6-7,14,16H,1,4-5,8-11H2/t14-/m1/s1. The maximum atomic E-state index is 12.4. The van der Waals surface area contributed by atoms with Crippen molar-refractivity contribution in [2.24, 2.45) is 0 Å². The molecule has 1 aromatic rings. The molecule has 0 bridgehead atoms. The molecule has 96 valence electrons. The summed E-state index contributed by atoms with van der Waals surface area (Å²) < 4.78 is 0. The fourth-order valence-corrected chi connectivity index (χ4v) is 2.96. The summed E-state index contributed by atoms with van der Waals surface area (Å²) in [5.41, 5.74) is 2.47. The Labute approximate surface area is 108 Å². The highest BCUT2D eigenvalue weighted by Crippen LogP contribution is 2.25. The van der Waals surface area contributed by atoms with Gasteiger partial charge in [0.25, 0.3) is 0 Å². The van der Waals surface area contributed by atoms with Crippen LogP contribution < -0.4 is 5.32 Å². The molecule has 0 unspecified atom stereocenters. The van der Waals surface area contributed by atoms with E-state index in [1.807, 2.05) is 11.0 Å². The van der Waals surface area contributed by atoms with Gasteiger partial charge < -0.3 is 10.2 Å². The number of rotatable bonds is 1. The Hall–Kier alpha value is -1.51. The molecule has 0 saturated carbocycles. The predicted molar refractivity (Wildman–Crippen MR) is 72.6 cm³/mol. The monoisotopic (exact) mass is 244 g/mol. The lowest BCUT2D eigenvalue weighted by Crippen LogP contribution is -2.46. The van der Waals surface area contributed by atoms with Gasteiger partial charge in [-0.3, -0.25) is 4.79 Å². The molecule has 2 aliphatic heterocycles. The second-order valence-electron chi connectivity index (χ2n) is 5.28. The van der Waals surface area contributed by atoms with Gasteiger partial charge in [-0.15, -0.1) is 0 Å². The van der Waals surface area contributed by atoms with Gasteiger partial charge in [0.15, 0.2) is 0 Å². The highest BCUT2D eigenvalue weighted by Gasteiger charge is 2.28. The minimum absolute atomic E-state index is 0.0157. The van der Waals surface area contributed by atoms with Gasteiger partial charge in [-0.2, -0.15) is 0 Å². The van der Waals surface area contributed by atoms with Crippen LogP contribution in [-0.4, -0.2) is 29.9 Å². The number of carbonyl (C=O) groups is 1. The Morgan fingerprint density at radius 1 is 1.17 bits per heavy atom. The van der Waals surface area contributed by atoms with E-state index in [4.69, 9.17) is 0 Å². The van der Waals surface area contributed by atoms with Gasteiger partial charge >= 0.3 is 0 Å². The van der Waals surface area contributed by atoms with E-state index >= 15 is 0 Å². The zero-order valence-corrected chi connectivity index (χ0v) is 10.7. The highest BCUT2D eigenvalue weighted by molar-refractivity contribution is 5.85. The van der Waals surface area contributed by atoms with Crippen LogP contribution in [0.15, 0.2) is 24.3 Å². The van der Waals surface area contributed by atoms with E-state index in [9.17, 15) is 4.79 Å². The molecule has 0 radical (unpaired) electrons. The number of nitrogens with zero attached hydrogens (tertiary/aromatic N) is 1. The van der Waals surface area contributed by atoms with Gasteiger partial charge in [-0.1, -0.05) is 18.2 Å². The fourth-order valence-electron chi connectivity index (χ4n) is 2.96. The van der Waals surface area contributed by atoms with E-state index in [0.29, 0.717) is 5.91 Å². The Bertz CT molecular complexity index is 438. The van der Waals surface area contributed by atoms with Crippen molar-refractivity contribution in [1.29, 1.82) is 0 Å². The molecule has 0 aliphatic carbocycles. The quantitative estimate of drug-likeness (QED) is 0.823. The van der Waals surface area contributed by atoms with Crippen LogP contribution in [0.4, 0.5) is 5.69 Å². The third-order valence-electron chi connectivity index (χ3n) is 4.02. The first kappa shape index (κ1) is 11.6. The maximum Gasteiger partial charge on any atom is 0.245 e. The molecule has 0 aromatic heterocycles. The maximum absolute atomic E-state index is 12.4. The van der Waals surface area contributed by atoms with Gasteiger partial charge in [0.1, 0.15) is 6.04 Å². The lowest BCUT2D eigenvalue weighted by Gasteiger charge is -2.33. The molecular formula is C15H20N2O. The van der Waals surface area contributed by atoms with Crippen molar-refractivity contribution in [3.05, 3.63) is 29.8 Å². The Balaban J connectivity index is 1.69. The topological polar surface area (TPSA) is 32.3 Å². The smallest absolute Gasteiger partial charge is 0.245 e. The van der Waals surface area contributed by atoms with Gasteiger partial charge in [0.2, 0.25) is 5.91 Å². The minimum Gasteiger partial charge on any atom is -0.373 e. The lowest BCUT2D eigenvalue weighted by atomic mass is 9.97. The van der Waals surface area contributed by atoms with Gasteiger partial charge in [-0.25, -0.2) is 0 Å². The summed E-state index contributed by atoms with van der Waals surface area (Å²) in [6, 6.07) is 8.29. The Morgan fingerprint density at radius 2 is 1.94 bits per heavy atom. The number of benzene rings is 1. The van der Waals surface area contributed by atoms with Crippen LogP contribution in [0.5, 0.6) is 0 Å². The zero-order valence-electron chi connectivity index (χ0n) is 10.7. The summed E-state index contributed by atoms with van der Waals surface area (Å²) >= 11 is 0. The van der Waals surface area contributed by atoms with Crippen LogP contribution >= 0.6 is 0 Å². The number of fused-ring (bicyclic) bond motifs is 1. The number of likely N-dealkylation sites (tertiary alicyclic amines) is 1. The molecule has 2 aliphatic rings. The largest absolute Gasteiger partial charge is 0.373 e. The molecule has 1 saturated heterocycles. The molecule has 18 heavy (non-hydrogen) atoms. The summed E-state index contributed by atoms with van der Waals surface area (Å²) in [5.74, 6) is 0.296. The number of piperidine rings is 1. The van der Waals surface area contributed by atoms with Gasteiger partial charge in [0.05, 0.1) is 0 Å². The van der Waals surface area contributed by atoms with Crippen molar-refractivity contribution in [3.63, 3.8) is 0 Å². The summed E-state index contributed by atoms with van der Waals surface area (Å²) in [6.45, 7) is 1.89. The normalized spacial score (nSPS) is 23.1. The molecule has 1 atom stereocenters. The first-order chi connectivity index (χ1) is 8.84. The van der Waals surface area contributed by atoms with Crippen LogP contribution in [0, 0.1) is 0 Å². The van der Waals surface area contributed by atoms with E-state index in [-0.39, 0.29) is 6.04 Å². The zero-order chi connectivity index (χ0) is 12.4. The van der Waals surface area contributed by atoms with Crippen LogP contribution in [0.1, 0.15) is 31.2 Å². The average Bonchev–Trinajstić information content (AvgIpc) is 2.47. The van der Waals surface area contributed by atoms with E-state index in [1.54, 1.807) is 0 Å². The molecule has 3 heteroatoms. The van der Waals surface area contributed by atoms with Crippen molar-refractivity contribution in [3.8, 4) is 0 Å². The van der Waals surface area contributed by atoms with Crippen molar-refractivity contribution in [1.82, 2.24) is 4.90 Å². The minimum atomic E-state index is -0.0157. The molecule has 2 heterocycles. The molecule has 3 nitrogen and oxygen atoms in total. The second kappa shape index (κ2) is 5.01. The number of aryl methyl sites for hydroxylation is 1. The van der Waals surface area contributed by atoms with Crippen LogP contribution in [0.2, 0.25) is 0 Å². The predicted octanol–water partition coefficient (Wildman–Crippen LogP) is 2.43. The van der Waals surface area contributed by atoms with Crippen LogP contribution in [0.3, 0.4) is 0 Å². The summed E-state index contributed by atoms with van der Waals surface area (Å²) in [6.07, 6.45) is 5.52. The molecular weight excluding hydrogens is 224 g/mol.